The van der Waals surface area contributed by atoms with E-state index in [-0.39, 0.29) is 18.5 Å². The maximum Gasteiger partial charge on any atom is 0.325 e. The molecule has 0 saturated carbocycles. The summed E-state index contributed by atoms with van der Waals surface area (Å²) in [5.41, 5.74) is 2.43. The lowest BCUT2D eigenvalue weighted by Gasteiger charge is -2.18. The van der Waals surface area contributed by atoms with E-state index in [0.29, 0.717) is 12.2 Å². The number of rotatable bonds is 4. The Bertz CT molecular complexity index is 810. The lowest BCUT2D eigenvalue weighted by atomic mass is 9.99. The summed E-state index contributed by atoms with van der Waals surface area (Å²) in [5, 5.41) is 5.73. The number of thioether (sulfide) groups is 1. The summed E-state index contributed by atoms with van der Waals surface area (Å²) in [4.78, 5) is 30.9. The molecule has 1 aromatic heterocycles. The summed E-state index contributed by atoms with van der Waals surface area (Å²) in [6.07, 6.45) is 1.72. The van der Waals surface area contributed by atoms with Crippen LogP contribution in [0, 0.1) is 0 Å². The van der Waals surface area contributed by atoms with Crippen molar-refractivity contribution >= 4 is 35.0 Å². The van der Waals surface area contributed by atoms with E-state index in [4.69, 9.17) is 0 Å². The Balaban J connectivity index is 1.51. The van der Waals surface area contributed by atoms with Gasteiger partial charge in [-0.3, -0.25) is 9.69 Å². The molecule has 4 rings (SSSR count). The molecule has 2 fully saturated rings. The second-order valence-electron chi connectivity index (χ2n) is 6.40. The van der Waals surface area contributed by atoms with Gasteiger partial charge in [0.05, 0.1) is 12.2 Å². The zero-order valence-corrected chi connectivity index (χ0v) is 15.6. The highest BCUT2D eigenvalue weighted by molar-refractivity contribution is 7.99. The van der Waals surface area contributed by atoms with E-state index in [1.54, 1.807) is 23.1 Å². The van der Waals surface area contributed by atoms with Crippen LogP contribution in [0.25, 0.3) is 10.6 Å². The van der Waals surface area contributed by atoms with Gasteiger partial charge < -0.3 is 5.32 Å². The van der Waals surface area contributed by atoms with Crippen LogP contribution in [0.3, 0.4) is 0 Å². The summed E-state index contributed by atoms with van der Waals surface area (Å²) in [6.45, 7) is 2.37. The average molecular weight is 374 g/mol. The van der Waals surface area contributed by atoms with Gasteiger partial charge in [-0.25, -0.2) is 9.78 Å². The minimum Gasteiger partial charge on any atom is -0.322 e. The third kappa shape index (κ3) is 2.95. The molecule has 5 nitrogen and oxygen atoms in total. The molecule has 1 spiro atoms. The van der Waals surface area contributed by atoms with Crippen LogP contribution < -0.4 is 5.32 Å². The number of carbonyl (C=O) groups is 2. The zero-order chi connectivity index (χ0) is 17.4. The normalized spacial score (nSPS) is 22.8. The second-order valence-corrected chi connectivity index (χ2v) is 8.36. The first-order valence-corrected chi connectivity index (χ1v) is 10.4. The van der Waals surface area contributed by atoms with Crippen molar-refractivity contribution in [2.24, 2.45) is 0 Å². The molecule has 130 valence electrons. The lowest BCUT2D eigenvalue weighted by molar-refractivity contribution is -0.130. The van der Waals surface area contributed by atoms with Gasteiger partial charge in [0.1, 0.15) is 10.5 Å². The molecule has 7 heteroatoms. The molecule has 0 bridgehead atoms. The Labute approximate surface area is 154 Å². The molecule has 2 saturated heterocycles. The highest BCUT2D eigenvalue weighted by Crippen LogP contribution is 2.34. The molecule has 2 aliphatic heterocycles. The quantitative estimate of drug-likeness (QED) is 0.836. The van der Waals surface area contributed by atoms with E-state index >= 15 is 0 Å². The van der Waals surface area contributed by atoms with Gasteiger partial charge in [0.15, 0.2) is 0 Å². The van der Waals surface area contributed by atoms with Crippen molar-refractivity contribution in [2.45, 2.75) is 31.8 Å². The van der Waals surface area contributed by atoms with Crippen LogP contribution in [0.15, 0.2) is 29.6 Å². The standard InChI is InChI=1S/C18H19N3O2S2/c1-2-12-3-5-13(6-4-12)15-19-14(10-25-15)9-21-16(22)18(20-17(21)23)7-8-24-11-18/h3-6,10H,2,7-9,11H2,1H3,(H,20,23). The number of thiazole rings is 1. The van der Waals surface area contributed by atoms with Crippen molar-refractivity contribution in [2.75, 3.05) is 11.5 Å². The minimum absolute atomic E-state index is 0.107. The van der Waals surface area contributed by atoms with Gasteiger partial charge in [-0.15, -0.1) is 11.3 Å². The highest BCUT2D eigenvalue weighted by Gasteiger charge is 2.52. The first kappa shape index (κ1) is 16.6. The number of nitrogens with zero attached hydrogens (tertiary/aromatic N) is 2. The number of nitrogens with one attached hydrogen (secondary N) is 1. The highest BCUT2D eigenvalue weighted by atomic mass is 32.2. The van der Waals surface area contributed by atoms with E-state index in [1.807, 2.05) is 5.38 Å². The van der Waals surface area contributed by atoms with Crippen molar-refractivity contribution in [1.82, 2.24) is 15.2 Å². The maximum absolute atomic E-state index is 12.7. The Morgan fingerprint density at radius 3 is 2.76 bits per heavy atom. The molecule has 0 radical (unpaired) electrons. The van der Waals surface area contributed by atoms with Gasteiger partial charge >= 0.3 is 6.03 Å². The molecule has 1 aromatic carbocycles. The Hall–Kier alpha value is -1.86. The molecular weight excluding hydrogens is 354 g/mol. The third-order valence-electron chi connectivity index (χ3n) is 4.75. The van der Waals surface area contributed by atoms with Crippen molar-refractivity contribution in [3.63, 3.8) is 0 Å². The molecular formula is C18H19N3O2S2. The van der Waals surface area contributed by atoms with Crippen LogP contribution >= 0.6 is 23.1 Å². The zero-order valence-electron chi connectivity index (χ0n) is 13.9. The molecule has 2 aliphatic rings. The number of aryl methyl sites for hydroxylation is 1. The summed E-state index contributed by atoms with van der Waals surface area (Å²) >= 11 is 3.25. The third-order valence-corrected chi connectivity index (χ3v) is 6.88. The Kier molecular flexibility index (Phi) is 4.29. The van der Waals surface area contributed by atoms with Crippen LogP contribution in [0.2, 0.25) is 0 Å². The monoisotopic (exact) mass is 373 g/mol. The van der Waals surface area contributed by atoms with E-state index in [1.165, 1.54) is 10.5 Å². The van der Waals surface area contributed by atoms with Crippen LogP contribution in [0.5, 0.6) is 0 Å². The number of benzene rings is 1. The molecule has 1 unspecified atom stereocenters. The van der Waals surface area contributed by atoms with Crippen molar-refractivity contribution in [3.8, 4) is 10.6 Å². The van der Waals surface area contributed by atoms with E-state index in [2.05, 4.69) is 41.5 Å². The summed E-state index contributed by atoms with van der Waals surface area (Å²) in [6, 6.07) is 8.05. The topological polar surface area (TPSA) is 62.3 Å². The summed E-state index contributed by atoms with van der Waals surface area (Å²) in [5.74, 6) is 1.47. The number of aromatic nitrogens is 1. The lowest BCUT2D eigenvalue weighted by Crippen LogP contribution is -2.46. The number of hydrogen-bond donors (Lipinski definition) is 1. The fourth-order valence-corrected chi connectivity index (χ4v) is 5.35. The van der Waals surface area contributed by atoms with Crippen molar-refractivity contribution < 1.29 is 9.59 Å². The van der Waals surface area contributed by atoms with Crippen molar-refractivity contribution in [1.29, 1.82) is 0 Å². The number of amides is 3. The Morgan fingerprint density at radius 1 is 1.28 bits per heavy atom. The van der Waals surface area contributed by atoms with E-state index in [0.717, 1.165) is 28.4 Å². The summed E-state index contributed by atoms with van der Waals surface area (Å²) in [7, 11) is 0. The van der Waals surface area contributed by atoms with Crippen molar-refractivity contribution in [3.05, 3.63) is 40.9 Å². The molecule has 25 heavy (non-hydrogen) atoms. The summed E-state index contributed by atoms with van der Waals surface area (Å²) < 4.78 is 0. The fourth-order valence-electron chi connectivity index (χ4n) is 3.21. The van der Waals surface area contributed by atoms with E-state index < -0.39 is 5.54 Å². The molecule has 2 aromatic rings. The van der Waals surface area contributed by atoms with Crippen LogP contribution in [0.1, 0.15) is 24.6 Å². The number of hydrogen-bond acceptors (Lipinski definition) is 5. The molecule has 1 atom stereocenters. The number of urea groups is 1. The molecule has 3 amide bonds. The van der Waals surface area contributed by atoms with Crippen LogP contribution in [-0.2, 0) is 17.8 Å². The smallest absolute Gasteiger partial charge is 0.322 e. The number of carbonyl (C=O) groups excluding carboxylic acids is 2. The van der Waals surface area contributed by atoms with E-state index in [9.17, 15) is 9.59 Å². The minimum atomic E-state index is -0.684. The molecule has 3 heterocycles. The SMILES string of the molecule is CCc1ccc(-c2nc(CN3C(=O)NC4(CCSC4)C3=O)cs2)cc1. The Morgan fingerprint density at radius 2 is 2.08 bits per heavy atom. The average Bonchev–Trinajstić information content (AvgIpc) is 3.33. The molecule has 0 aliphatic carbocycles. The van der Waals surface area contributed by atoms with Gasteiger partial charge in [0.25, 0.3) is 5.91 Å². The van der Waals surface area contributed by atoms with Gasteiger partial charge in [0, 0.05) is 16.7 Å². The number of imide groups is 1. The van der Waals surface area contributed by atoms with Gasteiger partial charge in [-0.1, -0.05) is 31.2 Å². The first-order chi connectivity index (χ1) is 12.1. The largest absolute Gasteiger partial charge is 0.325 e. The van der Waals surface area contributed by atoms with Gasteiger partial charge in [0.2, 0.25) is 0 Å². The van der Waals surface area contributed by atoms with Gasteiger partial charge in [-0.05, 0) is 24.2 Å². The second kappa shape index (κ2) is 6.46. The predicted molar refractivity (Wildman–Crippen MR) is 101 cm³/mol. The van der Waals surface area contributed by atoms with Crippen LogP contribution in [0.4, 0.5) is 4.79 Å². The maximum atomic E-state index is 12.7. The first-order valence-electron chi connectivity index (χ1n) is 8.37. The van der Waals surface area contributed by atoms with Crippen LogP contribution in [-0.4, -0.2) is 38.9 Å². The fraction of sp³-hybridized carbons (Fsp3) is 0.389. The molecule has 1 N–H and O–H groups in total. The van der Waals surface area contributed by atoms with Gasteiger partial charge in [-0.2, -0.15) is 11.8 Å². The predicted octanol–water partition coefficient (Wildman–Crippen LogP) is 3.30.